The summed E-state index contributed by atoms with van der Waals surface area (Å²) in [6.07, 6.45) is 4.65. The van der Waals surface area contributed by atoms with Crippen LogP contribution in [0.4, 0.5) is 4.39 Å². The lowest BCUT2D eigenvalue weighted by Crippen LogP contribution is -2.52. The van der Waals surface area contributed by atoms with Crippen LogP contribution in [0, 0.1) is 0 Å². The van der Waals surface area contributed by atoms with E-state index in [-0.39, 0.29) is 30.6 Å². The Bertz CT molecular complexity index is 962. The summed E-state index contributed by atoms with van der Waals surface area (Å²) in [5.41, 5.74) is 1.09. The predicted molar refractivity (Wildman–Crippen MR) is 128 cm³/mol. The molecule has 4 rings (SSSR count). The van der Waals surface area contributed by atoms with E-state index in [1.165, 1.54) is 0 Å². The van der Waals surface area contributed by atoms with Crippen LogP contribution in [0.15, 0.2) is 41.7 Å². The van der Waals surface area contributed by atoms with Crippen molar-refractivity contribution in [1.82, 2.24) is 4.90 Å². The zero-order chi connectivity index (χ0) is 24.5. The Hall–Kier alpha value is -2.54. The number of hydrogen-bond acceptors (Lipinski definition) is 5. The molecule has 34 heavy (non-hydrogen) atoms. The molecule has 1 amide bonds. The van der Waals surface area contributed by atoms with E-state index in [1.54, 1.807) is 31.4 Å². The van der Waals surface area contributed by atoms with Crippen molar-refractivity contribution in [1.29, 1.82) is 0 Å². The minimum absolute atomic E-state index is 0.00990. The largest absolute Gasteiger partial charge is 0.493 e. The Kier molecular flexibility index (Phi) is 7.22. The highest BCUT2D eigenvalue weighted by Gasteiger charge is 2.46. The van der Waals surface area contributed by atoms with Gasteiger partial charge in [0.05, 0.1) is 25.4 Å². The highest BCUT2D eigenvalue weighted by molar-refractivity contribution is 5.95. The zero-order valence-electron chi connectivity index (χ0n) is 20.8. The summed E-state index contributed by atoms with van der Waals surface area (Å²) in [6, 6.07) is 5.30. The molecule has 0 radical (unpaired) electrons. The van der Waals surface area contributed by atoms with Gasteiger partial charge in [0.1, 0.15) is 17.5 Å². The fourth-order valence-electron chi connectivity index (χ4n) is 5.01. The molecule has 186 valence electrons. The van der Waals surface area contributed by atoms with Crippen molar-refractivity contribution in [3.8, 4) is 11.5 Å². The standard InChI is InChI=1S/C27H36FNO5/c1-17(2)32-22-9-6-19(14-24(22)31-5)26(30)29-12-10-27(11-13-29)16-25(33-18(3)4)21-8-7-20(28)15-23(21)34-27/h6-9,14,17-18,20,25H,10-13,15-16H2,1-5H3/t20-,25?/m0/s1. The van der Waals surface area contributed by atoms with Crippen molar-refractivity contribution < 1.29 is 28.1 Å². The Morgan fingerprint density at radius 1 is 1.15 bits per heavy atom. The first-order valence-electron chi connectivity index (χ1n) is 12.2. The van der Waals surface area contributed by atoms with Gasteiger partial charge in [0.25, 0.3) is 5.91 Å². The van der Waals surface area contributed by atoms with E-state index in [9.17, 15) is 9.18 Å². The molecule has 0 saturated carbocycles. The normalized spacial score (nSPS) is 23.8. The number of hydrogen-bond donors (Lipinski definition) is 0. The minimum Gasteiger partial charge on any atom is -0.493 e. The fourth-order valence-corrected chi connectivity index (χ4v) is 5.01. The van der Waals surface area contributed by atoms with Crippen LogP contribution in [0.2, 0.25) is 0 Å². The summed E-state index contributed by atoms with van der Waals surface area (Å²) in [5, 5.41) is 0. The van der Waals surface area contributed by atoms with Gasteiger partial charge in [0.2, 0.25) is 0 Å². The van der Waals surface area contributed by atoms with Crippen molar-refractivity contribution in [3.05, 3.63) is 47.2 Å². The molecule has 3 aliphatic rings. The fraction of sp³-hybridized carbons (Fsp3) is 0.593. The third kappa shape index (κ3) is 5.24. The van der Waals surface area contributed by atoms with Gasteiger partial charge in [-0.3, -0.25) is 4.79 Å². The number of nitrogens with zero attached hydrogens (tertiary/aromatic N) is 1. The lowest BCUT2D eigenvalue weighted by Gasteiger charge is -2.48. The van der Waals surface area contributed by atoms with Crippen LogP contribution in [-0.2, 0) is 9.47 Å². The summed E-state index contributed by atoms with van der Waals surface area (Å²) in [5.74, 6) is 1.83. The number of methoxy groups -OCH3 is 1. The average Bonchev–Trinajstić information content (AvgIpc) is 2.78. The van der Waals surface area contributed by atoms with E-state index in [0.29, 0.717) is 55.2 Å². The van der Waals surface area contributed by atoms with Gasteiger partial charge in [-0.1, -0.05) is 6.08 Å². The van der Waals surface area contributed by atoms with E-state index in [1.807, 2.05) is 38.7 Å². The number of piperidine rings is 1. The van der Waals surface area contributed by atoms with Gasteiger partial charge >= 0.3 is 0 Å². The van der Waals surface area contributed by atoms with E-state index in [4.69, 9.17) is 18.9 Å². The first kappa shape index (κ1) is 24.6. The van der Waals surface area contributed by atoms with Crippen LogP contribution < -0.4 is 9.47 Å². The van der Waals surface area contributed by atoms with Gasteiger partial charge in [0.15, 0.2) is 11.5 Å². The molecular formula is C27H36FNO5. The maximum absolute atomic E-state index is 14.1. The van der Waals surface area contributed by atoms with Crippen molar-refractivity contribution >= 4 is 5.91 Å². The quantitative estimate of drug-likeness (QED) is 0.567. The number of rotatable bonds is 6. The molecule has 1 saturated heterocycles. The van der Waals surface area contributed by atoms with Gasteiger partial charge in [-0.2, -0.15) is 0 Å². The van der Waals surface area contributed by atoms with E-state index in [2.05, 4.69) is 0 Å². The lowest BCUT2D eigenvalue weighted by molar-refractivity contribution is -0.108. The van der Waals surface area contributed by atoms with Crippen molar-refractivity contribution in [3.63, 3.8) is 0 Å². The SMILES string of the molecule is COc1cc(C(=O)N2CCC3(CC2)CC(OC(C)C)C2=C(C[C@@H](F)C=C2)O3)ccc1OC(C)C. The van der Waals surface area contributed by atoms with E-state index >= 15 is 0 Å². The van der Waals surface area contributed by atoms with Crippen molar-refractivity contribution in [2.75, 3.05) is 20.2 Å². The average molecular weight is 474 g/mol. The van der Waals surface area contributed by atoms with Crippen LogP contribution in [0.5, 0.6) is 11.5 Å². The maximum atomic E-state index is 14.1. The number of allylic oxidation sites excluding steroid dienone is 2. The molecule has 6 nitrogen and oxygen atoms in total. The van der Waals surface area contributed by atoms with Gasteiger partial charge in [0, 0.05) is 49.9 Å². The first-order chi connectivity index (χ1) is 16.2. The second-order valence-electron chi connectivity index (χ2n) is 9.94. The summed E-state index contributed by atoms with van der Waals surface area (Å²) >= 11 is 0. The van der Waals surface area contributed by atoms with Crippen molar-refractivity contribution in [2.24, 2.45) is 0 Å². The van der Waals surface area contributed by atoms with E-state index < -0.39 is 11.8 Å². The summed E-state index contributed by atoms with van der Waals surface area (Å²) in [6.45, 7) is 9.05. The number of amides is 1. The second kappa shape index (κ2) is 9.98. The molecule has 1 spiro atoms. The highest BCUT2D eigenvalue weighted by Crippen LogP contribution is 2.44. The minimum atomic E-state index is -1.03. The van der Waals surface area contributed by atoms with Crippen LogP contribution in [0.3, 0.4) is 0 Å². The number of benzene rings is 1. The number of carbonyl (C=O) groups is 1. The lowest BCUT2D eigenvalue weighted by atomic mass is 9.80. The summed E-state index contributed by atoms with van der Waals surface area (Å²) in [7, 11) is 1.57. The number of halogens is 1. The third-order valence-electron chi connectivity index (χ3n) is 6.60. The summed E-state index contributed by atoms with van der Waals surface area (Å²) in [4.78, 5) is 15.1. The van der Waals surface area contributed by atoms with Gasteiger partial charge < -0.3 is 23.8 Å². The molecule has 2 aliphatic heterocycles. The number of alkyl halides is 1. The Morgan fingerprint density at radius 2 is 1.88 bits per heavy atom. The monoisotopic (exact) mass is 473 g/mol. The van der Waals surface area contributed by atoms with Gasteiger partial charge in [-0.15, -0.1) is 0 Å². The Morgan fingerprint density at radius 3 is 2.53 bits per heavy atom. The predicted octanol–water partition coefficient (Wildman–Crippen LogP) is 5.22. The topological polar surface area (TPSA) is 57.2 Å². The van der Waals surface area contributed by atoms with Gasteiger partial charge in [-0.25, -0.2) is 4.39 Å². The molecule has 1 aromatic rings. The van der Waals surface area contributed by atoms with Crippen LogP contribution in [0.1, 0.15) is 63.7 Å². The molecule has 1 aliphatic carbocycles. The number of likely N-dealkylation sites (tertiary alicyclic amines) is 1. The molecule has 1 unspecified atom stereocenters. The second-order valence-corrected chi connectivity index (χ2v) is 9.94. The number of ether oxygens (including phenoxy) is 4. The van der Waals surface area contributed by atoms with E-state index in [0.717, 1.165) is 5.57 Å². The molecular weight excluding hydrogens is 437 g/mol. The van der Waals surface area contributed by atoms with Crippen molar-refractivity contribution in [2.45, 2.75) is 83.5 Å². The Balaban J connectivity index is 1.47. The smallest absolute Gasteiger partial charge is 0.253 e. The van der Waals surface area contributed by atoms with Gasteiger partial charge in [-0.05, 0) is 52.0 Å². The molecule has 2 atom stereocenters. The molecule has 1 fully saturated rings. The third-order valence-corrected chi connectivity index (χ3v) is 6.60. The van der Waals surface area contributed by atoms with Crippen LogP contribution in [0.25, 0.3) is 0 Å². The first-order valence-corrected chi connectivity index (χ1v) is 12.2. The molecule has 0 aromatic heterocycles. The molecule has 2 heterocycles. The zero-order valence-corrected chi connectivity index (χ0v) is 20.8. The molecule has 1 aromatic carbocycles. The number of carbonyl (C=O) groups excluding carboxylic acids is 1. The van der Waals surface area contributed by atoms with Crippen LogP contribution >= 0.6 is 0 Å². The molecule has 0 bridgehead atoms. The molecule has 0 N–H and O–H groups in total. The molecule has 7 heteroatoms. The highest BCUT2D eigenvalue weighted by atomic mass is 19.1. The summed E-state index contributed by atoms with van der Waals surface area (Å²) < 4.78 is 38.0. The Labute approximate surface area is 201 Å². The maximum Gasteiger partial charge on any atom is 0.253 e. The van der Waals surface area contributed by atoms with Crippen LogP contribution in [-0.4, -0.2) is 61.1 Å².